The predicted molar refractivity (Wildman–Crippen MR) is 305 cm³/mol. The molecule has 2 amide bonds. The van der Waals surface area contributed by atoms with Crippen LogP contribution >= 0.6 is 0 Å². The number of carboxylic acid groups (broad SMARTS) is 2. The van der Waals surface area contributed by atoms with Crippen molar-refractivity contribution in [1.82, 2.24) is 0 Å². The highest BCUT2D eigenvalue weighted by molar-refractivity contribution is 6.05. The van der Waals surface area contributed by atoms with E-state index in [9.17, 15) is 59.4 Å². The first-order valence-electron chi connectivity index (χ1n) is 28.0. The molecule has 0 aliphatic heterocycles. The van der Waals surface area contributed by atoms with Crippen molar-refractivity contribution in [2.75, 3.05) is 34.4 Å². The van der Waals surface area contributed by atoms with E-state index in [0.717, 1.165) is 12.1 Å². The molecule has 0 radical (unpaired) electrons. The van der Waals surface area contributed by atoms with E-state index >= 15 is 52.7 Å². The van der Waals surface area contributed by atoms with Gasteiger partial charge in [-0.3, -0.25) is 28.8 Å². The van der Waals surface area contributed by atoms with Gasteiger partial charge < -0.3 is 56.6 Å². The molecular weight excluding hydrogens is 1260 g/mol. The Morgan fingerprint density at radius 1 is 0.409 bits per heavy atom. The quantitative estimate of drug-likeness (QED) is 0.0147. The molecule has 6 aromatic rings. The van der Waals surface area contributed by atoms with Gasteiger partial charge in [-0.2, -0.15) is 52.7 Å². The van der Waals surface area contributed by atoms with E-state index in [4.69, 9.17) is 4.74 Å². The molecule has 93 heavy (non-hydrogen) atoms. The second kappa shape index (κ2) is 24.1. The normalized spacial score (nSPS) is 20.9. The van der Waals surface area contributed by atoms with E-state index in [1.807, 2.05) is 0 Å². The summed E-state index contributed by atoms with van der Waals surface area (Å²) in [6, 6.07) is 13.9. The minimum absolute atomic E-state index is 0.00349. The van der Waals surface area contributed by atoms with Crippen molar-refractivity contribution in [3.05, 3.63) is 179 Å². The van der Waals surface area contributed by atoms with E-state index in [1.54, 1.807) is 24.3 Å². The average molecular weight is 1310 g/mol. The summed E-state index contributed by atoms with van der Waals surface area (Å²) in [5, 5.41) is 70.9. The maximum atomic E-state index is 15.4. The summed E-state index contributed by atoms with van der Waals surface area (Å²) >= 11 is 0. The molecule has 0 heterocycles. The van der Waals surface area contributed by atoms with Crippen LogP contribution in [0.2, 0.25) is 0 Å². The molecule has 4 bridgehead atoms. The summed E-state index contributed by atoms with van der Waals surface area (Å²) in [6.45, 7) is -1.62. The molecule has 10 rings (SSSR count). The molecule has 0 saturated heterocycles. The van der Waals surface area contributed by atoms with Crippen LogP contribution in [0.5, 0.6) is 34.5 Å². The van der Waals surface area contributed by atoms with Crippen LogP contribution in [0.4, 0.5) is 75.4 Å². The topological polar surface area (TPSA) is 281 Å². The van der Waals surface area contributed by atoms with Gasteiger partial charge >= 0.3 is 36.6 Å². The van der Waals surface area contributed by atoms with Gasteiger partial charge in [0.15, 0.2) is 11.6 Å². The van der Waals surface area contributed by atoms with Gasteiger partial charge in [-0.1, -0.05) is 48.6 Å². The number of hydrogen-bond acceptors (Lipinski definition) is 13. The molecule has 0 aromatic heterocycles. The van der Waals surface area contributed by atoms with Crippen molar-refractivity contribution < 1.29 is 117 Å². The number of carbonyl (C=O) groups is 6. The molecule has 8 atom stereocenters. The summed E-state index contributed by atoms with van der Waals surface area (Å²) in [7, 11) is 0. The number of hydrogen-bond donors (Lipinski definition) is 10. The fourth-order valence-corrected chi connectivity index (χ4v) is 13.1. The third kappa shape index (κ3) is 11.8. The Morgan fingerprint density at radius 3 is 1.14 bits per heavy atom. The van der Waals surface area contributed by atoms with E-state index in [2.05, 4.69) is 21.3 Å². The number of phenolic OH excluding ortho intramolecular Hbond substituents is 4. The lowest BCUT2D eigenvalue weighted by Gasteiger charge is -2.38. The zero-order valence-corrected chi connectivity index (χ0v) is 47.4. The Morgan fingerprint density at radius 2 is 0.742 bits per heavy atom. The van der Waals surface area contributed by atoms with Crippen LogP contribution in [0.25, 0.3) is 0 Å². The number of carbonyl (C=O) groups excluding carboxylic acids is 4. The maximum absolute atomic E-state index is 15.4. The molecule has 2 saturated carbocycles. The number of nitrogens with one attached hydrogen (secondary N) is 4. The van der Waals surface area contributed by atoms with Gasteiger partial charge in [-0.05, 0) is 156 Å². The largest absolute Gasteiger partial charge is 0.506 e. The van der Waals surface area contributed by atoms with Gasteiger partial charge in [0, 0.05) is 17.0 Å². The number of anilines is 4. The SMILES string of the molecule is O=C(CNc1cc(C(c2ccc(O)c(NC(=O)C3C4C=CC(C4)C3C(=O)O)c2)(C(F)(F)F)C(F)(F)F)ccc1O)c1ccc(Oc2ccc(C(=O)Nc3cc(C(c4ccc(O)c(NCC(=O)C5C6C=CC(C6)C5C(=O)O)c4)(C(F)(F)F)C(F)(F)F)ccc3O)cc2)cc1. The summed E-state index contributed by atoms with van der Waals surface area (Å²) in [5.74, 6) is -16.9. The van der Waals surface area contributed by atoms with Crippen LogP contribution in [0.1, 0.15) is 55.8 Å². The van der Waals surface area contributed by atoms with Crippen LogP contribution in [0.15, 0.2) is 146 Å². The number of aromatic hydroxyl groups is 4. The smallest absolute Gasteiger partial charge is 0.411 e. The second-order valence-electron chi connectivity index (χ2n) is 22.8. The lowest BCUT2D eigenvalue weighted by molar-refractivity contribution is -0.290. The standard InChI is InChI=1S/C64H50F12N4O13/c65-61(66,67)59(62(68,69)70,36-10-18-46(82)42(24-36)78-28-50(86)51-31-1-3-33(21-31)53(51)57(89)90)37-11-19-47(83)43(25-37)79-55(87)30-7-15-40(16-8-30)93-39-13-5-29(6-14-39)49(85)27-77-41-23-35(9-17-45(41)81)60(63(71,72)73,64(74,75)76)38-12-20-48(84)44(26-38)80-56(88)52-32-2-4-34(22-32)54(52)58(91)92/h1-20,23-26,31-34,51-54,77-78,81-84H,21-22,27-28H2,(H,79,87)(H,80,88)(H,89,90)(H,91,92). The van der Waals surface area contributed by atoms with Crippen LogP contribution < -0.4 is 26.0 Å². The van der Waals surface area contributed by atoms with Crippen molar-refractivity contribution in [1.29, 1.82) is 0 Å². The van der Waals surface area contributed by atoms with Gasteiger partial charge in [0.25, 0.3) is 5.91 Å². The minimum Gasteiger partial charge on any atom is -0.506 e. The number of fused-ring (bicyclic) bond motifs is 4. The number of ether oxygens (including phenoxy) is 1. The molecule has 8 unspecified atom stereocenters. The van der Waals surface area contributed by atoms with Crippen molar-refractivity contribution in [3.63, 3.8) is 0 Å². The summed E-state index contributed by atoms with van der Waals surface area (Å²) < 4.78 is 190. The summed E-state index contributed by atoms with van der Waals surface area (Å²) in [4.78, 5) is 77.6. The Bertz CT molecular complexity index is 4010. The Hall–Kier alpha value is -10.2. The van der Waals surface area contributed by atoms with E-state index in [-0.39, 0.29) is 41.2 Å². The number of carboxylic acids is 2. The van der Waals surface area contributed by atoms with Crippen LogP contribution in [-0.2, 0) is 30.0 Å². The highest BCUT2D eigenvalue weighted by atomic mass is 19.4. The Balaban J connectivity index is 0.807. The van der Waals surface area contributed by atoms with E-state index in [0.29, 0.717) is 67.1 Å². The number of halogens is 12. The second-order valence-corrected chi connectivity index (χ2v) is 22.8. The average Bonchev–Trinajstić information content (AvgIpc) is 1.64. The van der Waals surface area contributed by atoms with Crippen LogP contribution in [0.3, 0.4) is 0 Å². The number of phenols is 4. The first-order valence-corrected chi connectivity index (χ1v) is 28.0. The van der Waals surface area contributed by atoms with Crippen molar-refractivity contribution in [2.24, 2.45) is 47.3 Å². The van der Waals surface area contributed by atoms with Crippen molar-refractivity contribution in [2.45, 2.75) is 48.4 Å². The van der Waals surface area contributed by atoms with E-state index in [1.165, 1.54) is 36.4 Å². The predicted octanol–water partition coefficient (Wildman–Crippen LogP) is 12.6. The third-order valence-electron chi connectivity index (χ3n) is 17.5. The number of benzene rings is 6. The lowest BCUT2D eigenvalue weighted by Crippen LogP contribution is -2.54. The molecule has 17 nitrogen and oxygen atoms in total. The maximum Gasteiger partial charge on any atom is 0.411 e. The van der Waals surface area contributed by atoms with E-state index < -0.39 is 199 Å². The number of allylic oxidation sites excluding steroid dienone is 4. The third-order valence-corrected chi connectivity index (χ3v) is 17.5. The monoisotopic (exact) mass is 1310 g/mol. The first-order chi connectivity index (χ1) is 43.6. The fourth-order valence-electron chi connectivity index (χ4n) is 13.1. The van der Waals surface area contributed by atoms with Gasteiger partial charge in [-0.25, -0.2) is 0 Å². The highest BCUT2D eigenvalue weighted by Crippen LogP contribution is 2.60. The number of rotatable bonds is 20. The molecule has 4 aliphatic rings. The highest BCUT2D eigenvalue weighted by Gasteiger charge is 2.74. The molecule has 488 valence electrons. The number of aliphatic carboxylic acids is 2. The van der Waals surface area contributed by atoms with Gasteiger partial charge in [0.1, 0.15) is 34.5 Å². The molecule has 10 N–H and O–H groups in total. The molecule has 2 fully saturated rings. The Labute approximate surface area is 517 Å². The molecular formula is C64H50F12N4O13. The first kappa shape index (κ1) is 65.7. The number of ketones is 2. The van der Waals surface area contributed by atoms with Crippen molar-refractivity contribution in [3.8, 4) is 34.5 Å². The van der Waals surface area contributed by atoms with Gasteiger partial charge in [0.05, 0.1) is 53.6 Å². The minimum atomic E-state index is -6.23. The van der Waals surface area contributed by atoms with Crippen LogP contribution in [0, 0.1) is 47.3 Å². The molecule has 0 spiro atoms. The molecule has 29 heteroatoms. The number of alkyl halides is 12. The lowest BCUT2D eigenvalue weighted by atomic mass is 9.72. The van der Waals surface area contributed by atoms with Crippen molar-refractivity contribution >= 4 is 58.1 Å². The molecule has 6 aromatic carbocycles. The Kier molecular flexibility index (Phi) is 17.0. The van der Waals surface area contributed by atoms with Crippen LogP contribution in [-0.4, -0.2) is 104 Å². The molecule has 4 aliphatic carbocycles. The zero-order valence-electron chi connectivity index (χ0n) is 47.4. The number of amides is 2. The zero-order chi connectivity index (χ0) is 67.7. The number of Topliss-reactive ketones (excluding diaryl/α,β-unsaturated/α-hetero) is 2. The fraction of sp³-hybridized carbons (Fsp3) is 0.281. The summed E-state index contributed by atoms with van der Waals surface area (Å²) in [5.41, 5.74) is -19.7. The van der Waals surface area contributed by atoms with Gasteiger partial charge in [-0.15, -0.1) is 0 Å². The summed E-state index contributed by atoms with van der Waals surface area (Å²) in [6.07, 6.45) is -17.8. The van der Waals surface area contributed by atoms with Gasteiger partial charge in [0.2, 0.25) is 16.7 Å².